The molecule has 18 heteroatoms. The van der Waals surface area contributed by atoms with Crippen molar-refractivity contribution in [3.63, 3.8) is 0 Å². The summed E-state index contributed by atoms with van der Waals surface area (Å²) in [7, 11) is 1.48. The Morgan fingerprint density at radius 2 is 1.21 bits per heavy atom. The third kappa shape index (κ3) is 10.7. The fourth-order valence-electron chi connectivity index (χ4n) is 8.75. The minimum Gasteiger partial charge on any atom is -0.497 e. The van der Waals surface area contributed by atoms with Crippen molar-refractivity contribution in [2.45, 2.75) is 87.4 Å². The first-order valence-electron chi connectivity index (χ1n) is 22.9. The van der Waals surface area contributed by atoms with Gasteiger partial charge in [-0.1, -0.05) is 78.9 Å². The van der Waals surface area contributed by atoms with E-state index in [-0.39, 0.29) is 53.2 Å². The highest BCUT2D eigenvalue weighted by atomic mass is 16.8. The first kappa shape index (κ1) is 48.7. The second-order valence-corrected chi connectivity index (χ2v) is 17.0. The summed E-state index contributed by atoms with van der Waals surface area (Å²) < 4.78 is 62.5. The van der Waals surface area contributed by atoms with Crippen LogP contribution in [0.1, 0.15) is 73.1 Å². The Morgan fingerprint density at radius 1 is 0.648 bits per heavy atom. The average molecular weight is 972 g/mol. The van der Waals surface area contributed by atoms with E-state index in [1.54, 1.807) is 97.1 Å². The van der Waals surface area contributed by atoms with Crippen LogP contribution >= 0.6 is 0 Å². The van der Waals surface area contributed by atoms with Crippen LogP contribution in [-0.2, 0) is 47.5 Å². The molecule has 0 unspecified atom stereocenters. The van der Waals surface area contributed by atoms with Crippen LogP contribution in [0.25, 0.3) is 0 Å². The van der Waals surface area contributed by atoms with E-state index in [0.717, 1.165) is 4.90 Å². The molecule has 2 amide bonds. The molecule has 0 aromatic heterocycles. The lowest BCUT2D eigenvalue weighted by Gasteiger charge is -2.51. The van der Waals surface area contributed by atoms with Crippen LogP contribution in [0.2, 0.25) is 0 Å². The number of rotatable bonds is 16. The SMILES string of the molecule is COc1ccc(O[C@@H]2O[C@H](COC(=O)CCC(C)=O)[C@@H](O[C@@H]3O[C@@H]4CO[C@@H](c5ccccc5)O[C@H]4[C@H](O)[C@H]3N3C(=O)c4ccccc4C3=O)[C@H](OC(=O)c3ccccc3)[C@H]2OC(=O)c2ccccc2)cc1. The number of aliphatic hydroxyl groups excluding tert-OH is 1. The van der Waals surface area contributed by atoms with E-state index in [1.165, 1.54) is 50.4 Å². The predicted molar refractivity (Wildman–Crippen MR) is 245 cm³/mol. The maximum atomic E-state index is 14.4. The van der Waals surface area contributed by atoms with Gasteiger partial charge in [0.2, 0.25) is 12.4 Å². The normalized spacial score (nSPS) is 26.9. The number of ether oxygens (including phenoxy) is 10. The summed E-state index contributed by atoms with van der Waals surface area (Å²) in [5.41, 5.74) is 0.909. The third-order valence-corrected chi connectivity index (χ3v) is 12.3. The number of fused-ring (bicyclic) bond motifs is 2. The van der Waals surface area contributed by atoms with Crippen molar-refractivity contribution in [1.82, 2.24) is 4.90 Å². The van der Waals surface area contributed by atoms with Crippen LogP contribution in [0.15, 0.2) is 140 Å². The Bertz CT molecular complexity index is 2670. The summed E-state index contributed by atoms with van der Waals surface area (Å²) in [5.74, 6) is -3.76. The number of aliphatic hydroxyl groups is 1. The fraction of sp³-hybridized carbons (Fsp3) is 0.321. The molecule has 9 rings (SSSR count). The zero-order chi connectivity index (χ0) is 49.6. The maximum Gasteiger partial charge on any atom is 0.338 e. The van der Waals surface area contributed by atoms with Crippen LogP contribution < -0.4 is 9.47 Å². The quantitative estimate of drug-likeness (QED) is 0.0742. The molecule has 0 spiro atoms. The van der Waals surface area contributed by atoms with Gasteiger partial charge in [0, 0.05) is 12.0 Å². The van der Waals surface area contributed by atoms with Crippen molar-refractivity contribution in [3.05, 3.63) is 167 Å². The molecule has 3 saturated heterocycles. The number of Topliss-reactive ketones (excluding diaryl/α,β-unsaturated/α-hetero) is 1. The number of carbonyl (C=O) groups is 6. The van der Waals surface area contributed by atoms with Crippen LogP contribution in [0.5, 0.6) is 11.5 Å². The van der Waals surface area contributed by atoms with Gasteiger partial charge in [-0.3, -0.25) is 19.3 Å². The highest BCUT2D eigenvalue weighted by molar-refractivity contribution is 6.21. The first-order valence-corrected chi connectivity index (χ1v) is 22.9. The van der Waals surface area contributed by atoms with Crippen LogP contribution in [0, 0.1) is 0 Å². The average Bonchev–Trinajstić information content (AvgIpc) is 3.65. The van der Waals surface area contributed by atoms with Gasteiger partial charge in [0.15, 0.2) is 18.7 Å². The second-order valence-electron chi connectivity index (χ2n) is 17.0. The zero-order valence-electron chi connectivity index (χ0n) is 38.4. The zero-order valence-corrected chi connectivity index (χ0v) is 38.4. The highest BCUT2D eigenvalue weighted by Crippen LogP contribution is 2.41. The molecule has 0 bridgehead atoms. The van der Waals surface area contributed by atoms with Gasteiger partial charge in [-0.05, 0) is 67.6 Å². The fourth-order valence-corrected chi connectivity index (χ4v) is 8.75. The van der Waals surface area contributed by atoms with Gasteiger partial charge < -0.3 is 57.3 Å². The van der Waals surface area contributed by atoms with E-state index in [0.29, 0.717) is 11.3 Å². The van der Waals surface area contributed by atoms with Gasteiger partial charge >= 0.3 is 17.9 Å². The molecule has 4 heterocycles. The van der Waals surface area contributed by atoms with Crippen molar-refractivity contribution in [3.8, 4) is 11.5 Å². The molecule has 71 heavy (non-hydrogen) atoms. The number of nitrogens with zero attached hydrogens (tertiary/aromatic N) is 1. The van der Waals surface area contributed by atoms with Gasteiger partial charge in [0.25, 0.3) is 11.8 Å². The Morgan fingerprint density at radius 3 is 1.80 bits per heavy atom. The summed E-state index contributed by atoms with van der Waals surface area (Å²) in [6, 6.07) is 35.5. The molecule has 0 saturated carbocycles. The number of methoxy groups -OCH3 is 1. The van der Waals surface area contributed by atoms with Gasteiger partial charge in [0.05, 0.1) is 42.4 Å². The largest absolute Gasteiger partial charge is 0.497 e. The van der Waals surface area contributed by atoms with Crippen LogP contribution in [0.4, 0.5) is 0 Å². The highest BCUT2D eigenvalue weighted by Gasteiger charge is 2.60. The molecule has 5 aromatic rings. The molecule has 18 nitrogen and oxygen atoms in total. The van der Waals surface area contributed by atoms with Crippen molar-refractivity contribution < 1.29 is 81.2 Å². The molecule has 368 valence electrons. The van der Waals surface area contributed by atoms with E-state index >= 15 is 0 Å². The number of ketones is 1. The molecule has 3 fully saturated rings. The molecule has 0 aliphatic carbocycles. The lowest BCUT2D eigenvalue weighted by molar-refractivity contribution is -0.371. The van der Waals surface area contributed by atoms with Gasteiger partial charge in [-0.2, -0.15) is 0 Å². The minimum absolute atomic E-state index is 0.0538. The number of amides is 2. The first-order chi connectivity index (χ1) is 34.5. The molecule has 11 atom stereocenters. The lowest BCUT2D eigenvalue weighted by Crippen LogP contribution is -2.70. The van der Waals surface area contributed by atoms with Crippen LogP contribution in [-0.4, -0.2) is 127 Å². The van der Waals surface area contributed by atoms with E-state index in [9.17, 15) is 33.9 Å². The number of benzene rings is 5. The molecule has 4 aliphatic heterocycles. The third-order valence-electron chi connectivity index (χ3n) is 12.3. The van der Waals surface area contributed by atoms with E-state index in [2.05, 4.69) is 0 Å². The minimum atomic E-state index is -1.80. The Hall–Kier alpha value is -7.32. The number of imide groups is 1. The Balaban J connectivity index is 1.15. The maximum absolute atomic E-state index is 14.4. The van der Waals surface area contributed by atoms with E-state index in [4.69, 9.17) is 47.4 Å². The molecule has 5 aromatic carbocycles. The second kappa shape index (κ2) is 21.8. The number of carbonyl (C=O) groups excluding carboxylic acids is 6. The Kier molecular flexibility index (Phi) is 14.9. The van der Waals surface area contributed by atoms with Crippen LogP contribution in [0.3, 0.4) is 0 Å². The van der Waals surface area contributed by atoms with E-state index < -0.39 is 104 Å². The summed E-state index contributed by atoms with van der Waals surface area (Å²) in [5, 5.41) is 12.6. The van der Waals surface area contributed by atoms with Crippen molar-refractivity contribution >= 4 is 35.5 Å². The molecular weight excluding hydrogens is 923 g/mol. The number of esters is 3. The molecule has 0 radical (unpaired) electrons. The summed E-state index contributed by atoms with van der Waals surface area (Å²) >= 11 is 0. The Labute approximate surface area is 407 Å². The standard InChI is InChI=1S/C53H49NO17/c1-30(55)22-27-40(56)63-28-39-44(71-52-41(54-47(58)36-20-12-13-21-37(36)48(54)59)42(57)43-38(66-52)29-64-51(70-43)33-18-10-5-11-19-33)45(68-49(60)31-14-6-3-7-15-31)46(69-50(61)32-16-8-4-9-17-32)53(67-39)65-35-25-23-34(62-2)24-26-35/h3-21,23-26,38-39,41-46,51-53,57H,22,27-29H2,1-2H3/t38-,39-,41-,42-,43-,44-,45+,46-,51-,52+,53-/m1/s1. The smallest absolute Gasteiger partial charge is 0.338 e. The van der Waals surface area contributed by atoms with Gasteiger partial charge in [-0.15, -0.1) is 0 Å². The molecule has 1 N–H and O–H groups in total. The monoisotopic (exact) mass is 971 g/mol. The molecular formula is C53H49NO17. The summed E-state index contributed by atoms with van der Waals surface area (Å²) in [4.78, 5) is 83.2. The van der Waals surface area contributed by atoms with Crippen molar-refractivity contribution in [2.75, 3.05) is 20.3 Å². The topological polar surface area (TPSA) is 218 Å². The summed E-state index contributed by atoms with van der Waals surface area (Å²) in [6.45, 7) is 0.506. The number of hydrogen-bond donors (Lipinski definition) is 1. The van der Waals surface area contributed by atoms with E-state index in [1.807, 2.05) is 6.07 Å². The van der Waals surface area contributed by atoms with Gasteiger partial charge in [-0.25, -0.2) is 9.59 Å². The predicted octanol–water partition coefficient (Wildman–Crippen LogP) is 5.41. The van der Waals surface area contributed by atoms with Crippen molar-refractivity contribution in [2.24, 2.45) is 0 Å². The lowest BCUT2D eigenvalue weighted by atomic mass is 9.93. The molecule has 4 aliphatic rings. The van der Waals surface area contributed by atoms with Crippen molar-refractivity contribution in [1.29, 1.82) is 0 Å². The number of hydrogen-bond acceptors (Lipinski definition) is 17. The van der Waals surface area contributed by atoms with Gasteiger partial charge in [0.1, 0.15) is 60.5 Å². The summed E-state index contributed by atoms with van der Waals surface area (Å²) in [6.07, 6.45) is -15.6.